The van der Waals surface area contributed by atoms with Crippen molar-refractivity contribution in [3.05, 3.63) is 11.9 Å². The number of hydrogen-bond donors (Lipinski definition) is 2. The minimum atomic E-state index is -0.948. The lowest BCUT2D eigenvalue weighted by Gasteiger charge is -2.11. The molecule has 1 heterocycles. The average Bonchev–Trinajstić information content (AvgIpc) is 2.46. The van der Waals surface area contributed by atoms with Gasteiger partial charge >= 0.3 is 5.97 Å². The first-order valence-electron chi connectivity index (χ1n) is 4.61. The third-order valence-electron chi connectivity index (χ3n) is 1.81. The highest BCUT2D eigenvalue weighted by atomic mass is 16.4. The fraction of sp³-hybridized carbons (Fsp3) is 0.556. The Morgan fingerprint density at radius 2 is 2.36 bits per heavy atom. The van der Waals surface area contributed by atoms with Gasteiger partial charge in [0, 0.05) is 12.6 Å². The maximum absolute atomic E-state index is 10.8. The summed E-state index contributed by atoms with van der Waals surface area (Å²) >= 11 is 0. The molecular weight excluding hydrogens is 182 g/mol. The average molecular weight is 197 g/mol. The second-order valence-corrected chi connectivity index (χ2v) is 3.32. The second kappa shape index (κ2) is 4.13. The topological polar surface area (TPSA) is 67.2 Å². The van der Waals surface area contributed by atoms with E-state index in [4.69, 9.17) is 5.11 Å². The van der Waals surface area contributed by atoms with Crippen molar-refractivity contribution in [3.63, 3.8) is 0 Å². The molecule has 1 rings (SSSR count). The number of aromatic nitrogens is 2. The molecule has 0 unspecified atom stereocenters. The molecule has 0 aromatic carbocycles. The van der Waals surface area contributed by atoms with E-state index in [1.165, 1.54) is 6.20 Å². The van der Waals surface area contributed by atoms with Crippen molar-refractivity contribution < 1.29 is 9.90 Å². The molecule has 0 saturated heterocycles. The third kappa shape index (κ3) is 2.04. The Kier molecular flexibility index (Phi) is 3.11. The minimum absolute atomic E-state index is 0.218. The molecule has 5 heteroatoms. The van der Waals surface area contributed by atoms with Crippen molar-refractivity contribution in [3.8, 4) is 0 Å². The van der Waals surface area contributed by atoms with Crippen molar-refractivity contribution >= 4 is 11.9 Å². The molecule has 1 aromatic heterocycles. The molecule has 0 radical (unpaired) electrons. The highest BCUT2D eigenvalue weighted by molar-refractivity contribution is 5.86. The molecule has 0 bridgehead atoms. The normalized spacial score (nSPS) is 10.6. The predicted octanol–water partition coefficient (Wildman–Crippen LogP) is 1.42. The van der Waals surface area contributed by atoms with Gasteiger partial charge in [0.1, 0.15) is 5.69 Å². The molecule has 14 heavy (non-hydrogen) atoms. The summed E-state index contributed by atoms with van der Waals surface area (Å²) in [4.78, 5) is 14.8. The van der Waals surface area contributed by atoms with Crippen LogP contribution in [-0.2, 0) is 6.54 Å². The molecule has 0 fully saturated rings. The van der Waals surface area contributed by atoms with E-state index in [9.17, 15) is 4.79 Å². The summed E-state index contributed by atoms with van der Waals surface area (Å²) in [6.45, 7) is 6.44. The number of carbonyl (C=O) groups is 1. The van der Waals surface area contributed by atoms with Crippen LogP contribution in [0.3, 0.4) is 0 Å². The van der Waals surface area contributed by atoms with Crippen LogP contribution in [0.25, 0.3) is 0 Å². The van der Waals surface area contributed by atoms with E-state index >= 15 is 0 Å². The van der Waals surface area contributed by atoms with Crippen LogP contribution in [0.5, 0.6) is 0 Å². The highest BCUT2D eigenvalue weighted by Gasteiger charge is 2.14. The van der Waals surface area contributed by atoms with E-state index in [0.29, 0.717) is 12.5 Å². The van der Waals surface area contributed by atoms with Crippen LogP contribution >= 0.6 is 0 Å². The summed E-state index contributed by atoms with van der Waals surface area (Å²) in [5.41, 5.74) is 0.218. The van der Waals surface area contributed by atoms with Crippen LogP contribution in [0.2, 0.25) is 0 Å². The zero-order chi connectivity index (χ0) is 10.7. The lowest BCUT2D eigenvalue weighted by Crippen LogP contribution is -2.16. The maximum Gasteiger partial charge on any atom is 0.354 e. The number of nitrogens with one attached hydrogen (secondary N) is 1. The van der Waals surface area contributed by atoms with Gasteiger partial charge in [0.15, 0.2) is 0 Å². The molecule has 0 aliphatic heterocycles. The van der Waals surface area contributed by atoms with Crippen molar-refractivity contribution in [2.75, 3.05) is 5.32 Å². The quantitative estimate of drug-likeness (QED) is 0.766. The van der Waals surface area contributed by atoms with E-state index in [1.54, 1.807) is 4.57 Å². The SMILES string of the molecule is CCn1c(C(=O)O)cnc1NC(C)C. The number of carboxylic acids is 1. The predicted molar refractivity (Wildman–Crippen MR) is 53.6 cm³/mol. The summed E-state index contributed by atoms with van der Waals surface area (Å²) in [6, 6.07) is 0.240. The lowest BCUT2D eigenvalue weighted by atomic mass is 10.4. The molecule has 0 amide bonds. The fourth-order valence-electron chi connectivity index (χ4n) is 1.24. The van der Waals surface area contributed by atoms with Crippen LogP contribution in [0.4, 0.5) is 5.95 Å². The van der Waals surface area contributed by atoms with E-state index < -0.39 is 5.97 Å². The van der Waals surface area contributed by atoms with Gasteiger partial charge in [-0.25, -0.2) is 9.78 Å². The lowest BCUT2D eigenvalue weighted by molar-refractivity contribution is 0.0685. The molecule has 0 aliphatic carbocycles. The number of carboxylic acid groups (broad SMARTS) is 1. The summed E-state index contributed by atoms with van der Waals surface area (Å²) in [6.07, 6.45) is 1.37. The van der Waals surface area contributed by atoms with Gasteiger partial charge in [-0.1, -0.05) is 0 Å². The molecule has 78 valence electrons. The Bertz CT molecular complexity index is 331. The standard InChI is InChI=1S/C9H15N3O2/c1-4-12-7(8(13)14)5-10-9(12)11-6(2)3/h5-6H,4H2,1-3H3,(H,10,11)(H,13,14). The first-order valence-corrected chi connectivity index (χ1v) is 4.61. The Morgan fingerprint density at radius 3 is 2.79 bits per heavy atom. The van der Waals surface area contributed by atoms with Gasteiger partial charge in [-0.3, -0.25) is 0 Å². The third-order valence-corrected chi connectivity index (χ3v) is 1.81. The monoisotopic (exact) mass is 197 g/mol. The summed E-state index contributed by atoms with van der Waals surface area (Å²) in [5, 5.41) is 11.9. The smallest absolute Gasteiger partial charge is 0.354 e. The number of nitrogens with zero attached hydrogens (tertiary/aromatic N) is 2. The zero-order valence-corrected chi connectivity index (χ0v) is 8.61. The highest BCUT2D eigenvalue weighted by Crippen LogP contribution is 2.11. The molecule has 0 saturated carbocycles. The molecule has 5 nitrogen and oxygen atoms in total. The van der Waals surface area contributed by atoms with Gasteiger partial charge in [0.25, 0.3) is 0 Å². The van der Waals surface area contributed by atoms with Gasteiger partial charge in [-0.2, -0.15) is 0 Å². The minimum Gasteiger partial charge on any atom is -0.477 e. The van der Waals surface area contributed by atoms with E-state index in [1.807, 2.05) is 20.8 Å². The number of hydrogen-bond acceptors (Lipinski definition) is 3. The van der Waals surface area contributed by atoms with Gasteiger partial charge in [0.2, 0.25) is 5.95 Å². The van der Waals surface area contributed by atoms with Crippen molar-refractivity contribution in [1.29, 1.82) is 0 Å². The zero-order valence-electron chi connectivity index (χ0n) is 8.61. The van der Waals surface area contributed by atoms with Gasteiger partial charge < -0.3 is 15.0 Å². The van der Waals surface area contributed by atoms with Gasteiger partial charge in [-0.05, 0) is 20.8 Å². The van der Waals surface area contributed by atoms with Crippen LogP contribution in [0.15, 0.2) is 6.20 Å². The first kappa shape index (κ1) is 10.6. The maximum atomic E-state index is 10.8. The number of aromatic carboxylic acids is 1. The van der Waals surface area contributed by atoms with E-state index in [2.05, 4.69) is 10.3 Å². The molecular formula is C9H15N3O2. The Balaban J connectivity index is 3.01. The Labute approximate surface area is 82.8 Å². The number of anilines is 1. The first-order chi connectivity index (χ1) is 6.56. The van der Waals surface area contributed by atoms with Crippen LogP contribution in [0, 0.1) is 0 Å². The summed E-state index contributed by atoms with van der Waals surface area (Å²) in [7, 11) is 0. The van der Waals surface area contributed by atoms with Crippen LogP contribution in [0.1, 0.15) is 31.3 Å². The Hall–Kier alpha value is -1.52. The summed E-state index contributed by atoms with van der Waals surface area (Å²) < 4.78 is 1.64. The number of imidazole rings is 1. The van der Waals surface area contributed by atoms with Crippen molar-refractivity contribution in [2.45, 2.75) is 33.4 Å². The van der Waals surface area contributed by atoms with E-state index in [0.717, 1.165) is 0 Å². The van der Waals surface area contributed by atoms with Crippen molar-refractivity contribution in [2.24, 2.45) is 0 Å². The van der Waals surface area contributed by atoms with Crippen LogP contribution in [-0.4, -0.2) is 26.7 Å². The number of rotatable bonds is 4. The molecule has 0 atom stereocenters. The molecule has 1 aromatic rings. The molecule has 2 N–H and O–H groups in total. The second-order valence-electron chi connectivity index (χ2n) is 3.32. The fourth-order valence-corrected chi connectivity index (χ4v) is 1.24. The van der Waals surface area contributed by atoms with Gasteiger partial charge in [0.05, 0.1) is 6.20 Å². The molecule has 0 spiro atoms. The van der Waals surface area contributed by atoms with Crippen LogP contribution < -0.4 is 5.32 Å². The van der Waals surface area contributed by atoms with Crippen molar-refractivity contribution in [1.82, 2.24) is 9.55 Å². The van der Waals surface area contributed by atoms with Gasteiger partial charge in [-0.15, -0.1) is 0 Å². The largest absolute Gasteiger partial charge is 0.477 e. The van der Waals surface area contributed by atoms with E-state index in [-0.39, 0.29) is 11.7 Å². The Morgan fingerprint density at radius 1 is 1.71 bits per heavy atom. The summed E-state index contributed by atoms with van der Waals surface area (Å²) in [5.74, 6) is -0.337. The molecule has 0 aliphatic rings.